The van der Waals surface area contributed by atoms with Crippen LogP contribution in [0.3, 0.4) is 0 Å². The fourth-order valence-electron chi connectivity index (χ4n) is 4.57. The average molecular weight is 421 g/mol. The maximum atomic E-state index is 12.5. The van der Waals surface area contributed by atoms with Crippen LogP contribution in [0.25, 0.3) is 0 Å². The van der Waals surface area contributed by atoms with Crippen LogP contribution in [-0.2, 0) is 32.0 Å². The Kier molecular flexibility index (Phi) is 6.35. The lowest BCUT2D eigenvalue weighted by molar-refractivity contribution is -0.152. The minimum atomic E-state index is -0.555. The number of aryl methyl sites for hydroxylation is 2. The van der Waals surface area contributed by atoms with Gasteiger partial charge in [-0.3, -0.25) is 14.4 Å². The summed E-state index contributed by atoms with van der Waals surface area (Å²) in [5, 5.41) is 2.99. The number of nitrogens with one attached hydrogen (secondary N) is 1. The van der Waals surface area contributed by atoms with Crippen LogP contribution in [0.2, 0.25) is 0 Å². The van der Waals surface area contributed by atoms with Gasteiger partial charge in [-0.15, -0.1) is 0 Å². The summed E-state index contributed by atoms with van der Waals surface area (Å²) in [7, 11) is 0. The highest BCUT2D eigenvalue weighted by Gasteiger charge is 2.37. The van der Waals surface area contributed by atoms with Crippen molar-refractivity contribution in [2.75, 3.05) is 18.1 Å². The molecule has 6 nitrogen and oxygen atoms in total. The number of esters is 1. The molecule has 1 fully saturated rings. The highest BCUT2D eigenvalue weighted by atomic mass is 16.5. The number of amides is 2. The molecule has 2 aromatic carbocycles. The predicted molar refractivity (Wildman–Crippen MR) is 118 cm³/mol. The molecule has 1 aliphatic heterocycles. The van der Waals surface area contributed by atoms with Crippen molar-refractivity contribution in [1.82, 2.24) is 5.32 Å². The molecule has 1 N–H and O–H groups in total. The summed E-state index contributed by atoms with van der Waals surface area (Å²) in [6, 6.07) is 15.8. The van der Waals surface area contributed by atoms with Crippen molar-refractivity contribution >= 4 is 23.5 Å². The average Bonchev–Trinajstić information content (AvgIpc) is 3.19. The number of benzene rings is 2. The lowest BCUT2D eigenvalue weighted by Crippen LogP contribution is -2.35. The molecule has 6 heteroatoms. The van der Waals surface area contributed by atoms with Crippen LogP contribution in [-0.4, -0.2) is 30.9 Å². The highest BCUT2D eigenvalue weighted by molar-refractivity contribution is 6.00. The summed E-state index contributed by atoms with van der Waals surface area (Å²) in [4.78, 5) is 39.1. The number of ether oxygens (including phenoxy) is 1. The molecule has 0 saturated carbocycles. The fraction of sp³-hybridized carbons (Fsp3) is 0.400. The van der Waals surface area contributed by atoms with Crippen molar-refractivity contribution in [3.63, 3.8) is 0 Å². The third-order valence-electron chi connectivity index (χ3n) is 6.17. The van der Waals surface area contributed by atoms with Gasteiger partial charge in [0.1, 0.15) is 0 Å². The second-order valence-electron chi connectivity index (χ2n) is 8.21. The number of anilines is 1. The first-order valence-electron chi connectivity index (χ1n) is 11.0. The minimum Gasteiger partial charge on any atom is -0.455 e. The van der Waals surface area contributed by atoms with Gasteiger partial charge in [-0.2, -0.15) is 0 Å². The standard InChI is InChI=1S/C25H28N2O4/c1-2-17-8-4-6-13-22(17)27-15-19(14-24(27)29)25(30)31-16-23(28)26-21-12-7-10-18-9-3-5-11-20(18)21/h3-6,8-9,11,13,19,21H,2,7,10,12,14-16H2,1H3,(H,26,28)/t19-,21-/m1/s1. The van der Waals surface area contributed by atoms with Crippen LogP contribution < -0.4 is 10.2 Å². The normalized spacial score (nSPS) is 20.3. The number of hydrogen-bond acceptors (Lipinski definition) is 4. The van der Waals surface area contributed by atoms with Crippen LogP contribution in [0, 0.1) is 5.92 Å². The molecule has 2 aliphatic rings. The summed E-state index contributed by atoms with van der Waals surface area (Å²) in [5.74, 6) is -1.46. The van der Waals surface area contributed by atoms with E-state index in [9.17, 15) is 14.4 Å². The van der Waals surface area contributed by atoms with Crippen molar-refractivity contribution in [2.24, 2.45) is 5.92 Å². The molecule has 0 unspecified atom stereocenters. The predicted octanol–water partition coefficient (Wildman–Crippen LogP) is 3.34. The number of rotatable bonds is 6. The summed E-state index contributed by atoms with van der Waals surface area (Å²) in [6.45, 7) is 1.99. The molecule has 2 atom stereocenters. The Labute approximate surface area is 182 Å². The molecule has 0 spiro atoms. The van der Waals surface area contributed by atoms with Gasteiger partial charge in [0.05, 0.1) is 12.0 Å². The number of hydrogen-bond donors (Lipinski definition) is 1. The van der Waals surface area contributed by atoms with E-state index in [1.54, 1.807) is 4.90 Å². The van der Waals surface area contributed by atoms with Crippen LogP contribution in [0.15, 0.2) is 48.5 Å². The second-order valence-corrected chi connectivity index (χ2v) is 8.21. The van der Waals surface area contributed by atoms with Gasteiger partial charge >= 0.3 is 5.97 Å². The molecular formula is C25H28N2O4. The summed E-state index contributed by atoms with van der Waals surface area (Å²) in [5.41, 5.74) is 4.31. The Morgan fingerprint density at radius 1 is 1.13 bits per heavy atom. The largest absolute Gasteiger partial charge is 0.455 e. The van der Waals surface area contributed by atoms with Crippen molar-refractivity contribution < 1.29 is 19.1 Å². The van der Waals surface area contributed by atoms with E-state index < -0.39 is 11.9 Å². The molecule has 1 aliphatic carbocycles. The molecule has 1 saturated heterocycles. The van der Waals surface area contributed by atoms with Gasteiger partial charge in [-0.05, 0) is 48.4 Å². The summed E-state index contributed by atoms with van der Waals surface area (Å²) < 4.78 is 5.28. The zero-order chi connectivity index (χ0) is 21.8. The Balaban J connectivity index is 1.31. The Morgan fingerprint density at radius 2 is 1.90 bits per heavy atom. The lowest BCUT2D eigenvalue weighted by atomic mass is 9.88. The highest BCUT2D eigenvalue weighted by Crippen LogP contribution is 2.30. The molecule has 4 rings (SSSR count). The molecule has 2 aromatic rings. The molecule has 0 radical (unpaired) electrons. The van der Waals surface area contributed by atoms with E-state index in [1.165, 1.54) is 5.56 Å². The Hall–Kier alpha value is -3.15. The molecule has 2 amide bonds. The number of fused-ring (bicyclic) bond motifs is 1. The molecule has 0 bridgehead atoms. The maximum absolute atomic E-state index is 12.5. The van der Waals surface area contributed by atoms with Gasteiger partial charge < -0.3 is 15.0 Å². The summed E-state index contributed by atoms with van der Waals surface area (Å²) in [6.07, 6.45) is 3.82. The zero-order valence-corrected chi connectivity index (χ0v) is 17.8. The van der Waals surface area contributed by atoms with Crippen LogP contribution >= 0.6 is 0 Å². The van der Waals surface area contributed by atoms with Gasteiger partial charge in [0, 0.05) is 18.7 Å². The van der Waals surface area contributed by atoms with Gasteiger partial charge in [-0.25, -0.2) is 0 Å². The quantitative estimate of drug-likeness (QED) is 0.728. The number of nitrogens with zero attached hydrogens (tertiary/aromatic N) is 1. The van der Waals surface area contributed by atoms with E-state index >= 15 is 0 Å². The van der Waals surface area contributed by atoms with Crippen LogP contribution in [0.1, 0.15) is 48.9 Å². The smallest absolute Gasteiger partial charge is 0.311 e. The minimum absolute atomic E-state index is 0.0507. The molecule has 1 heterocycles. The van der Waals surface area contributed by atoms with E-state index in [-0.39, 0.29) is 37.4 Å². The summed E-state index contributed by atoms with van der Waals surface area (Å²) >= 11 is 0. The first kappa shape index (κ1) is 21.1. The molecule has 162 valence electrons. The molecule has 31 heavy (non-hydrogen) atoms. The Bertz CT molecular complexity index is 987. The lowest BCUT2D eigenvalue weighted by Gasteiger charge is -2.26. The monoisotopic (exact) mass is 420 g/mol. The molecule has 0 aromatic heterocycles. The third-order valence-corrected chi connectivity index (χ3v) is 6.17. The fourth-order valence-corrected chi connectivity index (χ4v) is 4.57. The van der Waals surface area contributed by atoms with Crippen molar-refractivity contribution in [3.8, 4) is 0 Å². The van der Waals surface area contributed by atoms with Gasteiger partial charge in [0.15, 0.2) is 6.61 Å². The van der Waals surface area contributed by atoms with Crippen LogP contribution in [0.4, 0.5) is 5.69 Å². The topological polar surface area (TPSA) is 75.7 Å². The van der Waals surface area contributed by atoms with E-state index in [2.05, 4.69) is 11.4 Å². The first-order valence-corrected chi connectivity index (χ1v) is 11.0. The van der Waals surface area contributed by atoms with Crippen molar-refractivity contribution in [1.29, 1.82) is 0 Å². The third kappa shape index (κ3) is 4.63. The number of carbonyl (C=O) groups excluding carboxylic acids is 3. The van der Waals surface area contributed by atoms with E-state index in [0.717, 1.165) is 42.5 Å². The van der Waals surface area contributed by atoms with Crippen molar-refractivity contribution in [2.45, 2.75) is 45.1 Å². The first-order chi connectivity index (χ1) is 15.1. The van der Waals surface area contributed by atoms with E-state index in [0.29, 0.717) is 0 Å². The second kappa shape index (κ2) is 9.33. The molecular weight excluding hydrogens is 392 g/mol. The Morgan fingerprint density at radius 3 is 2.74 bits per heavy atom. The van der Waals surface area contributed by atoms with E-state index in [1.807, 2.05) is 49.4 Å². The van der Waals surface area contributed by atoms with Gasteiger partial charge in [-0.1, -0.05) is 49.4 Å². The van der Waals surface area contributed by atoms with E-state index in [4.69, 9.17) is 4.74 Å². The van der Waals surface area contributed by atoms with Crippen molar-refractivity contribution in [3.05, 3.63) is 65.2 Å². The zero-order valence-electron chi connectivity index (χ0n) is 17.8. The van der Waals surface area contributed by atoms with Gasteiger partial charge in [0.2, 0.25) is 5.91 Å². The van der Waals surface area contributed by atoms with Gasteiger partial charge in [0.25, 0.3) is 5.91 Å². The SMILES string of the molecule is CCc1ccccc1N1C[C@H](C(=O)OCC(=O)N[C@@H]2CCCc3ccccc32)CC1=O. The maximum Gasteiger partial charge on any atom is 0.311 e. The number of para-hydroxylation sites is 1. The van der Waals surface area contributed by atoms with Crippen LogP contribution in [0.5, 0.6) is 0 Å². The number of carbonyl (C=O) groups is 3.